The fourth-order valence-corrected chi connectivity index (χ4v) is 1.64. The average molecular weight is 723 g/mol. The summed E-state index contributed by atoms with van der Waals surface area (Å²) in [6, 6.07) is 0. The summed E-state index contributed by atoms with van der Waals surface area (Å²) in [4.78, 5) is 0. The molecule has 0 aliphatic rings. The Morgan fingerprint density at radius 2 is 0.833 bits per heavy atom. The minimum Gasteiger partial charge on any atom is -0.677 e. The van der Waals surface area contributed by atoms with Gasteiger partial charge < -0.3 is 64.6 Å². The van der Waals surface area contributed by atoms with Crippen LogP contribution in [0.1, 0.15) is 25.7 Å². The number of hydrogen-bond donors (Lipinski definition) is 8. The molecule has 0 aromatic rings. The molecule has 16 heteroatoms. The van der Waals surface area contributed by atoms with E-state index in [9.17, 15) is 0 Å². The smallest absolute Gasteiger partial charge is 0.677 e. The summed E-state index contributed by atoms with van der Waals surface area (Å²) in [7, 11) is 0. The van der Waals surface area contributed by atoms with Crippen molar-refractivity contribution in [2.75, 3.05) is 105 Å². The largest absolute Gasteiger partial charge is 1.00 e. The summed E-state index contributed by atoms with van der Waals surface area (Å²) in [6.45, 7) is 8.69. The minimum atomic E-state index is 0. The van der Waals surface area contributed by atoms with Crippen molar-refractivity contribution >= 4 is 0 Å². The summed E-state index contributed by atoms with van der Waals surface area (Å²) in [6.07, 6.45) is 3.56. The van der Waals surface area contributed by atoms with Crippen molar-refractivity contribution in [3.05, 3.63) is 22.5 Å². The van der Waals surface area contributed by atoms with Crippen LogP contribution in [0, 0.1) is 0 Å². The molecule has 0 unspecified atom stereocenters. The molecule has 12 nitrogen and oxygen atoms in total. The van der Waals surface area contributed by atoms with Gasteiger partial charge in [0.2, 0.25) is 0 Å². The second-order valence-corrected chi connectivity index (χ2v) is 6.27. The number of nitrogens with zero attached hydrogens (tertiary/aromatic N) is 1. The van der Waals surface area contributed by atoms with Gasteiger partial charge in [-0.2, -0.15) is 0 Å². The number of hydrogen-bond acceptors (Lipinski definition) is 8. The molecule has 0 rings (SSSR count). The maximum Gasteiger partial charge on any atom is 1.00 e. The Morgan fingerprint density at radius 3 is 1.06 bits per heavy atom. The van der Waals surface area contributed by atoms with Crippen LogP contribution in [-0.4, -0.2) is 125 Å². The molecule has 0 aromatic heterocycles. The first-order chi connectivity index (χ1) is 15.7. The second-order valence-electron chi connectivity index (χ2n) is 6.27. The Bertz CT molecular complexity index is 208. The zero-order chi connectivity index (χ0) is 25.0. The van der Waals surface area contributed by atoms with E-state index in [2.05, 4.69) is 21.3 Å². The van der Waals surface area contributed by atoms with E-state index in [0.717, 1.165) is 51.9 Å². The first-order valence-electron chi connectivity index (χ1n) is 11.5. The van der Waals surface area contributed by atoms with Gasteiger partial charge in [-0.25, -0.2) is 0 Å². The molecule has 36 heavy (non-hydrogen) atoms. The molecule has 0 amide bonds. The van der Waals surface area contributed by atoms with Crippen molar-refractivity contribution in [2.24, 2.45) is 5.73 Å². The Morgan fingerprint density at radius 1 is 0.500 bits per heavy atom. The molecule has 0 atom stereocenters. The fraction of sp³-hybridized carbons (Fsp3) is 1.00. The van der Waals surface area contributed by atoms with E-state index in [1.165, 1.54) is 0 Å². The van der Waals surface area contributed by atoms with E-state index >= 15 is 0 Å². The van der Waals surface area contributed by atoms with Crippen molar-refractivity contribution in [3.8, 4) is 0 Å². The fourth-order valence-electron chi connectivity index (χ4n) is 1.64. The average Bonchev–Trinajstić information content (AvgIpc) is 2.82. The van der Waals surface area contributed by atoms with Gasteiger partial charge in [-0.1, -0.05) is 25.7 Å². The quantitative estimate of drug-likeness (QED) is 0.0615. The van der Waals surface area contributed by atoms with Gasteiger partial charge in [-0.3, -0.25) is 0 Å². The first kappa shape index (κ1) is 57.5. The van der Waals surface area contributed by atoms with Crippen LogP contribution in [-0.2, 0) is 68.3 Å². The zero-order valence-corrected chi connectivity index (χ0v) is 24.9. The molecule has 0 saturated heterocycles. The van der Waals surface area contributed by atoms with Crippen LogP contribution >= 0.6 is 0 Å². The van der Waals surface area contributed by atoms with Gasteiger partial charge in [0.05, 0.1) is 19.8 Å². The SMILES string of the molecule is NCCC[N-]CCO.[Cu+].[Cu+].[Cu+].[Cu+].[NH-]CCCNCCO.[NH-]CCCNCCO.[NH-]CCCNCCO. The van der Waals surface area contributed by atoms with E-state index in [1.54, 1.807) is 0 Å². The standard InChI is InChI=1S/4C5H13N2O.4Cu/c4*6-2-1-3-7-4-5-8;;;;/h8H,1-6H2;3*6-8H,1-5H2;;;;/q4*-1;4*+1. The third kappa shape index (κ3) is 91.3. The van der Waals surface area contributed by atoms with E-state index in [4.69, 9.17) is 43.4 Å². The number of aliphatic hydroxyl groups excluding tert-OH is 4. The maximum atomic E-state index is 8.26. The van der Waals surface area contributed by atoms with Crippen molar-refractivity contribution in [1.82, 2.24) is 16.0 Å². The van der Waals surface area contributed by atoms with Gasteiger partial charge in [-0.05, 0) is 26.2 Å². The van der Waals surface area contributed by atoms with E-state index in [1.807, 2.05) is 0 Å². The van der Waals surface area contributed by atoms with Crippen LogP contribution in [0.5, 0.6) is 0 Å². The van der Waals surface area contributed by atoms with E-state index < -0.39 is 0 Å². The predicted octanol–water partition coefficient (Wildman–Crippen LogP) is -0.277. The minimum absolute atomic E-state index is 0. The van der Waals surface area contributed by atoms with Gasteiger partial charge in [0.1, 0.15) is 0 Å². The van der Waals surface area contributed by atoms with Crippen LogP contribution in [0.2, 0.25) is 0 Å². The Balaban J connectivity index is -0.0000000467. The molecule has 0 aliphatic carbocycles. The summed E-state index contributed by atoms with van der Waals surface area (Å²) >= 11 is 0. The van der Waals surface area contributed by atoms with Gasteiger partial charge in [0.15, 0.2) is 0 Å². The topological polar surface area (TPSA) is 229 Å². The normalized spacial score (nSPS) is 8.67. The summed E-state index contributed by atoms with van der Waals surface area (Å²) in [5.41, 5.74) is 25.4. The Hall–Kier alpha value is 1.60. The summed E-state index contributed by atoms with van der Waals surface area (Å²) in [5.74, 6) is 0. The molecule has 0 bridgehead atoms. The molecule has 0 aromatic carbocycles. The van der Waals surface area contributed by atoms with Crippen LogP contribution in [0.4, 0.5) is 0 Å². The summed E-state index contributed by atoms with van der Waals surface area (Å²) in [5, 5.41) is 45.9. The molecule has 240 valence electrons. The van der Waals surface area contributed by atoms with Gasteiger partial charge in [0.25, 0.3) is 0 Å². The van der Waals surface area contributed by atoms with Crippen LogP contribution in [0.3, 0.4) is 0 Å². The molecule has 0 fully saturated rings. The first-order valence-corrected chi connectivity index (χ1v) is 11.5. The third-order valence-corrected chi connectivity index (χ3v) is 3.24. The van der Waals surface area contributed by atoms with Crippen LogP contribution < -0.4 is 21.7 Å². The predicted molar refractivity (Wildman–Crippen MR) is 135 cm³/mol. The number of nitrogens with two attached hydrogens (primary N) is 1. The number of aliphatic hydroxyl groups is 4. The maximum absolute atomic E-state index is 8.26. The number of nitrogens with one attached hydrogen (secondary N) is 6. The summed E-state index contributed by atoms with van der Waals surface area (Å²) < 4.78 is 0. The molecular formula is C20H52Cu4N8O4. The van der Waals surface area contributed by atoms with Crippen LogP contribution in [0.15, 0.2) is 0 Å². The van der Waals surface area contributed by atoms with Crippen molar-refractivity contribution in [2.45, 2.75) is 25.7 Å². The van der Waals surface area contributed by atoms with Crippen molar-refractivity contribution < 1.29 is 88.7 Å². The third-order valence-electron chi connectivity index (χ3n) is 3.24. The monoisotopic (exact) mass is 720 g/mol. The molecule has 0 spiro atoms. The van der Waals surface area contributed by atoms with E-state index in [0.29, 0.717) is 52.4 Å². The zero-order valence-electron chi connectivity index (χ0n) is 21.2. The van der Waals surface area contributed by atoms with Crippen molar-refractivity contribution in [1.29, 1.82) is 0 Å². The molecular weight excluding hydrogens is 670 g/mol. The van der Waals surface area contributed by atoms with Gasteiger partial charge in [-0.15, -0.1) is 32.7 Å². The second kappa shape index (κ2) is 70.8. The van der Waals surface area contributed by atoms with E-state index in [-0.39, 0.29) is 94.7 Å². The molecule has 0 heterocycles. The van der Waals surface area contributed by atoms with Gasteiger partial charge >= 0.3 is 68.3 Å². The molecule has 0 aliphatic heterocycles. The molecule has 0 saturated carbocycles. The number of rotatable bonds is 20. The van der Waals surface area contributed by atoms with Crippen LogP contribution in [0.25, 0.3) is 22.5 Å². The Kier molecular flexibility index (Phi) is 113. The molecule has 0 radical (unpaired) electrons. The Labute approximate surface area is 262 Å². The van der Waals surface area contributed by atoms with Crippen molar-refractivity contribution in [3.63, 3.8) is 0 Å². The van der Waals surface area contributed by atoms with Gasteiger partial charge in [0, 0.05) is 26.2 Å². The molecule has 12 N–H and O–H groups in total.